The summed E-state index contributed by atoms with van der Waals surface area (Å²) in [4.78, 5) is 14.3. The molecule has 0 unspecified atom stereocenters. The number of nitrogens with zero attached hydrogens (tertiary/aromatic N) is 1. The topological polar surface area (TPSA) is 92.5 Å². The molecule has 2 aromatic rings. The number of amides is 1. The van der Waals surface area contributed by atoms with Crippen LogP contribution in [0.4, 0.5) is 10.1 Å². The Balaban J connectivity index is 1.64. The van der Waals surface area contributed by atoms with Crippen molar-refractivity contribution in [1.82, 2.24) is 4.90 Å². The fourth-order valence-electron chi connectivity index (χ4n) is 2.71. The second kappa shape index (κ2) is 7.53. The Morgan fingerprint density at radius 1 is 1.19 bits per heavy atom. The normalized spacial score (nSPS) is 14.4. The molecule has 3 rings (SSSR count). The molecule has 138 valence electrons. The molecule has 0 aromatic heterocycles. The van der Waals surface area contributed by atoms with E-state index in [0.717, 1.165) is 18.4 Å². The molecule has 0 aliphatic heterocycles. The molecule has 0 radical (unpaired) electrons. The highest BCUT2D eigenvalue weighted by atomic mass is 32.2. The summed E-state index contributed by atoms with van der Waals surface area (Å²) >= 11 is 0. The molecule has 6 nitrogen and oxygen atoms in total. The third kappa shape index (κ3) is 5.10. The Kier molecular flexibility index (Phi) is 5.36. The number of nitrogens with one attached hydrogen (secondary N) is 1. The van der Waals surface area contributed by atoms with Crippen LogP contribution in [0.25, 0.3) is 0 Å². The van der Waals surface area contributed by atoms with Crippen LogP contribution in [0, 0.1) is 5.82 Å². The Morgan fingerprint density at radius 2 is 1.88 bits per heavy atom. The zero-order chi connectivity index (χ0) is 18.7. The molecule has 0 saturated heterocycles. The first-order valence-corrected chi connectivity index (χ1v) is 9.77. The van der Waals surface area contributed by atoms with Crippen molar-refractivity contribution in [3.63, 3.8) is 0 Å². The van der Waals surface area contributed by atoms with Gasteiger partial charge in [-0.3, -0.25) is 9.69 Å². The molecule has 8 heteroatoms. The molecule has 2 aromatic carbocycles. The minimum Gasteiger partial charge on any atom is -0.325 e. The summed E-state index contributed by atoms with van der Waals surface area (Å²) in [5, 5.41) is 7.81. The first kappa shape index (κ1) is 18.5. The van der Waals surface area contributed by atoms with Gasteiger partial charge in [-0.15, -0.1) is 0 Å². The monoisotopic (exact) mass is 377 g/mol. The Labute approximate surface area is 151 Å². The van der Waals surface area contributed by atoms with E-state index in [9.17, 15) is 17.6 Å². The fraction of sp³-hybridized carbons (Fsp3) is 0.278. The van der Waals surface area contributed by atoms with Gasteiger partial charge in [0.25, 0.3) is 0 Å². The predicted molar refractivity (Wildman–Crippen MR) is 96.3 cm³/mol. The van der Waals surface area contributed by atoms with Crippen molar-refractivity contribution in [2.75, 3.05) is 11.9 Å². The van der Waals surface area contributed by atoms with Crippen molar-refractivity contribution >= 4 is 21.6 Å². The fourth-order valence-corrected chi connectivity index (χ4v) is 3.27. The van der Waals surface area contributed by atoms with Gasteiger partial charge in [0, 0.05) is 18.3 Å². The highest BCUT2D eigenvalue weighted by Crippen LogP contribution is 2.28. The second-order valence-corrected chi connectivity index (χ2v) is 7.95. The van der Waals surface area contributed by atoms with Crippen molar-refractivity contribution < 1.29 is 17.6 Å². The average Bonchev–Trinajstić information content (AvgIpc) is 3.40. The Bertz CT molecular complexity index is 896. The van der Waals surface area contributed by atoms with Gasteiger partial charge in [-0.1, -0.05) is 18.2 Å². The summed E-state index contributed by atoms with van der Waals surface area (Å²) in [6.45, 7) is 0.719. The Morgan fingerprint density at radius 3 is 2.50 bits per heavy atom. The van der Waals surface area contributed by atoms with Crippen LogP contribution in [0.1, 0.15) is 18.4 Å². The van der Waals surface area contributed by atoms with E-state index in [-0.39, 0.29) is 23.2 Å². The number of benzene rings is 2. The van der Waals surface area contributed by atoms with Crippen molar-refractivity contribution in [2.24, 2.45) is 5.14 Å². The van der Waals surface area contributed by atoms with Gasteiger partial charge in [0.15, 0.2) is 0 Å². The van der Waals surface area contributed by atoms with E-state index in [1.807, 2.05) is 4.90 Å². The highest BCUT2D eigenvalue weighted by molar-refractivity contribution is 7.89. The molecule has 1 amide bonds. The number of nitrogens with two attached hydrogens (primary N) is 1. The van der Waals surface area contributed by atoms with E-state index in [4.69, 9.17) is 5.14 Å². The lowest BCUT2D eigenvalue weighted by Gasteiger charge is -2.21. The summed E-state index contributed by atoms with van der Waals surface area (Å²) in [5.74, 6) is -0.537. The molecule has 1 saturated carbocycles. The maximum Gasteiger partial charge on any atom is 0.238 e. The first-order chi connectivity index (χ1) is 12.3. The van der Waals surface area contributed by atoms with E-state index in [1.165, 1.54) is 30.3 Å². The number of hydrogen-bond donors (Lipinski definition) is 2. The van der Waals surface area contributed by atoms with Crippen LogP contribution < -0.4 is 10.5 Å². The first-order valence-electron chi connectivity index (χ1n) is 8.22. The number of halogens is 1. The SMILES string of the molecule is NS(=O)(=O)c1cccc(NC(=O)CN(Cc2ccc(F)cc2)C2CC2)c1. The average molecular weight is 377 g/mol. The van der Waals surface area contributed by atoms with Gasteiger partial charge in [0.2, 0.25) is 15.9 Å². The molecule has 0 spiro atoms. The lowest BCUT2D eigenvalue weighted by molar-refractivity contribution is -0.117. The predicted octanol–water partition coefficient (Wildman–Crippen LogP) is 2.08. The third-order valence-electron chi connectivity index (χ3n) is 4.16. The molecule has 3 N–H and O–H groups in total. The standard InChI is InChI=1S/C18H20FN3O3S/c19-14-6-4-13(5-7-14)11-22(16-8-9-16)12-18(23)21-15-2-1-3-17(10-15)26(20,24)25/h1-7,10,16H,8-9,11-12H2,(H,21,23)(H2,20,24,25). The summed E-state index contributed by atoms with van der Waals surface area (Å²) in [6.07, 6.45) is 2.05. The molecule has 0 heterocycles. The van der Waals surface area contributed by atoms with Crippen LogP contribution >= 0.6 is 0 Å². The van der Waals surface area contributed by atoms with E-state index < -0.39 is 10.0 Å². The number of hydrogen-bond acceptors (Lipinski definition) is 4. The molecule has 0 bridgehead atoms. The van der Waals surface area contributed by atoms with Crippen LogP contribution in [0.5, 0.6) is 0 Å². The van der Waals surface area contributed by atoms with E-state index >= 15 is 0 Å². The van der Waals surface area contributed by atoms with Gasteiger partial charge in [-0.05, 0) is 48.7 Å². The quantitative estimate of drug-likeness (QED) is 0.773. The summed E-state index contributed by atoms with van der Waals surface area (Å²) in [7, 11) is -3.82. The molecule has 1 aliphatic carbocycles. The molecule has 1 aliphatic rings. The van der Waals surface area contributed by atoms with Gasteiger partial charge < -0.3 is 5.32 Å². The van der Waals surface area contributed by atoms with Crippen LogP contribution in [0.15, 0.2) is 53.4 Å². The number of rotatable bonds is 7. The number of sulfonamides is 1. The van der Waals surface area contributed by atoms with E-state index in [1.54, 1.807) is 18.2 Å². The van der Waals surface area contributed by atoms with Crippen LogP contribution in [0.3, 0.4) is 0 Å². The number of primary sulfonamides is 1. The highest BCUT2D eigenvalue weighted by Gasteiger charge is 2.30. The molecular formula is C18H20FN3O3S. The molecule has 1 fully saturated rings. The van der Waals surface area contributed by atoms with Gasteiger partial charge in [0.1, 0.15) is 5.82 Å². The summed E-state index contributed by atoms with van der Waals surface area (Å²) in [5.41, 5.74) is 1.31. The van der Waals surface area contributed by atoms with Crippen LogP contribution in [-0.4, -0.2) is 31.8 Å². The summed E-state index contributed by atoms with van der Waals surface area (Å²) in [6, 6.07) is 12.4. The zero-order valence-electron chi connectivity index (χ0n) is 14.1. The van der Waals surface area contributed by atoms with Crippen molar-refractivity contribution in [1.29, 1.82) is 0 Å². The number of carbonyl (C=O) groups excluding carboxylic acids is 1. The van der Waals surface area contributed by atoms with Crippen molar-refractivity contribution in [3.05, 3.63) is 59.9 Å². The Hall–Kier alpha value is -2.29. The minimum absolute atomic E-state index is 0.0549. The summed E-state index contributed by atoms with van der Waals surface area (Å²) < 4.78 is 35.8. The molecular weight excluding hydrogens is 357 g/mol. The van der Waals surface area contributed by atoms with Crippen molar-refractivity contribution in [3.8, 4) is 0 Å². The number of carbonyl (C=O) groups is 1. The van der Waals surface area contributed by atoms with E-state index in [0.29, 0.717) is 18.3 Å². The lowest BCUT2D eigenvalue weighted by atomic mass is 10.2. The molecule has 0 atom stereocenters. The minimum atomic E-state index is -3.82. The third-order valence-corrected chi connectivity index (χ3v) is 5.07. The van der Waals surface area contributed by atoms with Gasteiger partial charge in [-0.2, -0.15) is 0 Å². The van der Waals surface area contributed by atoms with Crippen molar-refractivity contribution in [2.45, 2.75) is 30.3 Å². The largest absolute Gasteiger partial charge is 0.325 e. The van der Waals surface area contributed by atoms with Crippen LogP contribution in [-0.2, 0) is 21.4 Å². The van der Waals surface area contributed by atoms with Gasteiger partial charge in [0.05, 0.1) is 11.4 Å². The van der Waals surface area contributed by atoms with E-state index in [2.05, 4.69) is 5.32 Å². The number of anilines is 1. The maximum atomic E-state index is 13.0. The smallest absolute Gasteiger partial charge is 0.238 e. The second-order valence-electron chi connectivity index (χ2n) is 6.38. The maximum absolute atomic E-state index is 13.0. The van der Waals surface area contributed by atoms with Gasteiger partial charge in [-0.25, -0.2) is 17.9 Å². The lowest BCUT2D eigenvalue weighted by Crippen LogP contribution is -2.34. The van der Waals surface area contributed by atoms with Gasteiger partial charge >= 0.3 is 0 Å². The zero-order valence-corrected chi connectivity index (χ0v) is 14.9. The molecule has 26 heavy (non-hydrogen) atoms. The van der Waals surface area contributed by atoms with Crippen LogP contribution in [0.2, 0.25) is 0 Å².